The average molecular weight is 352 g/mol. The maximum atomic E-state index is 12.2. The van der Waals surface area contributed by atoms with Gasteiger partial charge in [0.25, 0.3) is 0 Å². The number of hydrogen-bond donors (Lipinski definition) is 2. The number of ether oxygens (including phenoxy) is 2. The Balaban J connectivity index is 2.96. The summed E-state index contributed by atoms with van der Waals surface area (Å²) in [6.07, 6.45) is -0.592. The number of rotatable bonds is 11. The van der Waals surface area contributed by atoms with Crippen molar-refractivity contribution in [1.29, 1.82) is 0 Å². The van der Waals surface area contributed by atoms with Gasteiger partial charge in [-0.3, -0.25) is 9.59 Å². The second kappa shape index (κ2) is 10.2. The van der Waals surface area contributed by atoms with Crippen LogP contribution in [0.5, 0.6) is 0 Å². The fourth-order valence-corrected chi connectivity index (χ4v) is 2.61. The second-order valence-electron chi connectivity index (χ2n) is 6.27. The zero-order valence-corrected chi connectivity index (χ0v) is 15.1. The van der Waals surface area contributed by atoms with E-state index in [1.165, 1.54) is 0 Å². The smallest absolute Gasteiger partial charge is 0.307 e. The monoisotopic (exact) mass is 352 g/mol. The number of benzene rings is 1. The van der Waals surface area contributed by atoms with E-state index in [0.717, 1.165) is 5.56 Å². The van der Waals surface area contributed by atoms with Crippen molar-refractivity contribution in [1.82, 2.24) is 0 Å². The van der Waals surface area contributed by atoms with Crippen LogP contribution in [0.1, 0.15) is 45.6 Å². The summed E-state index contributed by atoms with van der Waals surface area (Å²) >= 11 is 0. The highest BCUT2D eigenvalue weighted by atomic mass is 16.6. The molecule has 0 spiro atoms. The summed E-state index contributed by atoms with van der Waals surface area (Å²) in [4.78, 5) is 22.8. The maximum Gasteiger partial charge on any atom is 0.307 e. The van der Waals surface area contributed by atoms with Crippen LogP contribution in [0, 0.1) is 0 Å². The lowest BCUT2D eigenvalue weighted by atomic mass is 9.86. The molecule has 0 heterocycles. The van der Waals surface area contributed by atoms with E-state index < -0.39 is 29.7 Å². The highest BCUT2D eigenvalue weighted by Crippen LogP contribution is 2.29. The third-order valence-electron chi connectivity index (χ3n) is 4.13. The van der Waals surface area contributed by atoms with Crippen LogP contribution in [0.15, 0.2) is 30.3 Å². The molecule has 0 saturated heterocycles. The van der Waals surface area contributed by atoms with Crippen molar-refractivity contribution in [3.63, 3.8) is 0 Å². The van der Waals surface area contributed by atoms with Crippen LogP contribution in [-0.2, 0) is 25.5 Å². The molecular weight excluding hydrogens is 324 g/mol. The molecule has 0 amide bonds. The Labute approximate surface area is 148 Å². The van der Waals surface area contributed by atoms with Gasteiger partial charge in [0.2, 0.25) is 0 Å². The van der Waals surface area contributed by atoms with E-state index in [2.05, 4.69) is 0 Å². The summed E-state index contributed by atoms with van der Waals surface area (Å²) in [5.41, 5.74) is 0.0640. The number of aliphatic hydroxyl groups excluding tert-OH is 1. The molecule has 1 aromatic rings. The van der Waals surface area contributed by atoms with Gasteiger partial charge < -0.3 is 19.7 Å². The summed E-state index contributed by atoms with van der Waals surface area (Å²) in [5, 5.41) is 18.2. The first-order valence-corrected chi connectivity index (χ1v) is 8.56. The average Bonchev–Trinajstić information content (AvgIpc) is 2.58. The summed E-state index contributed by atoms with van der Waals surface area (Å²) in [6, 6.07) is 9.60. The fraction of sp³-hybridized carbons (Fsp3) is 0.579. The first kappa shape index (κ1) is 21.1. The van der Waals surface area contributed by atoms with E-state index in [4.69, 9.17) is 14.6 Å². The number of carbonyl (C=O) groups is 2. The molecule has 2 N–H and O–H groups in total. The van der Waals surface area contributed by atoms with E-state index in [-0.39, 0.29) is 19.4 Å². The Hall–Kier alpha value is -1.92. The fourth-order valence-electron chi connectivity index (χ4n) is 2.61. The van der Waals surface area contributed by atoms with Crippen molar-refractivity contribution < 1.29 is 29.3 Å². The Morgan fingerprint density at radius 3 is 2.32 bits per heavy atom. The molecule has 0 aliphatic carbocycles. The lowest BCUT2D eigenvalue weighted by Gasteiger charge is -2.38. The van der Waals surface area contributed by atoms with E-state index in [1.54, 1.807) is 13.8 Å². The van der Waals surface area contributed by atoms with Gasteiger partial charge >= 0.3 is 11.9 Å². The van der Waals surface area contributed by atoms with Gasteiger partial charge in [-0.15, -0.1) is 0 Å². The van der Waals surface area contributed by atoms with Gasteiger partial charge in [0.05, 0.1) is 31.7 Å². The lowest BCUT2D eigenvalue weighted by molar-refractivity contribution is -0.181. The van der Waals surface area contributed by atoms with Gasteiger partial charge in [-0.1, -0.05) is 37.3 Å². The van der Waals surface area contributed by atoms with Crippen molar-refractivity contribution in [2.24, 2.45) is 0 Å². The number of aliphatic hydroxyl groups is 1. The Kier molecular flexibility index (Phi) is 8.58. The molecular formula is C19H28O6. The predicted octanol–water partition coefficient (Wildman–Crippen LogP) is 2.57. The molecule has 6 nitrogen and oxygen atoms in total. The van der Waals surface area contributed by atoms with Crippen LogP contribution >= 0.6 is 0 Å². The van der Waals surface area contributed by atoms with Crippen LogP contribution in [-0.4, -0.2) is 46.6 Å². The molecule has 0 radical (unpaired) electrons. The first-order valence-electron chi connectivity index (χ1n) is 8.56. The molecule has 0 aliphatic heterocycles. The molecule has 25 heavy (non-hydrogen) atoms. The van der Waals surface area contributed by atoms with E-state index in [0.29, 0.717) is 12.8 Å². The molecule has 0 fully saturated rings. The van der Waals surface area contributed by atoms with Gasteiger partial charge in [0.1, 0.15) is 5.60 Å². The Bertz CT molecular complexity index is 542. The quantitative estimate of drug-likeness (QED) is 0.595. The number of hydrogen-bond acceptors (Lipinski definition) is 5. The highest BCUT2D eigenvalue weighted by Gasteiger charge is 2.39. The Morgan fingerprint density at radius 1 is 1.16 bits per heavy atom. The van der Waals surface area contributed by atoms with Crippen molar-refractivity contribution in [2.45, 2.75) is 64.3 Å². The molecule has 3 unspecified atom stereocenters. The van der Waals surface area contributed by atoms with Crippen LogP contribution in [0.4, 0.5) is 0 Å². The highest BCUT2D eigenvalue weighted by molar-refractivity contribution is 5.76. The standard InChI is InChI=1S/C19H28O6/c1-4-19(15(3)24-13-14(2)20,12-16-8-6-5-7-9-16)25-18(23)11-10-17(21)22/h5-9,14-15,20H,4,10-13H2,1-3H3,(H,21,22). The minimum absolute atomic E-state index is 0.129. The maximum absolute atomic E-state index is 12.2. The molecule has 3 atom stereocenters. The molecule has 0 saturated carbocycles. The largest absolute Gasteiger partial charge is 0.481 e. The first-order chi connectivity index (χ1) is 11.8. The van der Waals surface area contributed by atoms with Gasteiger partial charge in [-0.25, -0.2) is 0 Å². The number of esters is 1. The minimum Gasteiger partial charge on any atom is -0.481 e. The van der Waals surface area contributed by atoms with Crippen LogP contribution in [0.2, 0.25) is 0 Å². The normalized spacial score (nSPS) is 15.8. The van der Waals surface area contributed by atoms with Crippen molar-refractivity contribution >= 4 is 11.9 Å². The molecule has 140 valence electrons. The molecule has 0 bridgehead atoms. The van der Waals surface area contributed by atoms with Gasteiger partial charge in [0, 0.05) is 6.42 Å². The van der Waals surface area contributed by atoms with Crippen molar-refractivity contribution in [2.75, 3.05) is 6.61 Å². The molecule has 6 heteroatoms. The molecule has 1 aromatic carbocycles. The summed E-state index contributed by atoms with van der Waals surface area (Å²) in [5.74, 6) is -1.60. The van der Waals surface area contributed by atoms with Gasteiger partial charge in [-0.2, -0.15) is 0 Å². The number of carboxylic acid groups (broad SMARTS) is 1. The number of aliphatic carboxylic acids is 1. The minimum atomic E-state index is -1.04. The van der Waals surface area contributed by atoms with Gasteiger partial charge in [0.15, 0.2) is 0 Å². The SMILES string of the molecule is CCC(Cc1ccccc1)(OC(=O)CCC(=O)O)C(C)OCC(C)O. The topological polar surface area (TPSA) is 93.1 Å². The summed E-state index contributed by atoms with van der Waals surface area (Å²) in [7, 11) is 0. The second-order valence-corrected chi connectivity index (χ2v) is 6.27. The van der Waals surface area contributed by atoms with Gasteiger partial charge in [-0.05, 0) is 25.8 Å². The van der Waals surface area contributed by atoms with Crippen molar-refractivity contribution in [3.05, 3.63) is 35.9 Å². The molecule has 1 rings (SSSR count). The zero-order valence-electron chi connectivity index (χ0n) is 15.1. The van der Waals surface area contributed by atoms with E-state index in [1.807, 2.05) is 37.3 Å². The van der Waals surface area contributed by atoms with Crippen LogP contribution in [0.25, 0.3) is 0 Å². The third kappa shape index (κ3) is 7.23. The van der Waals surface area contributed by atoms with Crippen molar-refractivity contribution in [3.8, 4) is 0 Å². The third-order valence-corrected chi connectivity index (χ3v) is 4.13. The Morgan fingerprint density at radius 2 is 1.80 bits per heavy atom. The zero-order chi connectivity index (χ0) is 18.9. The van der Waals surface area contributed by atoms with Crippen LogP contribution < -0.4 is 0 Å². The molecule has 0 aliphatic rings. The number of carbonyl (C=O) groups excluding carboxylic acids is 1. The predicted molar refractivity (Wildman–Crippen MR) is 93.2 cm³/mol. The summed E-state index contributed by atoms with van der Waals surface area (Å²) in [6.45, 7) is 5.45. The van der Waals surface area contributed by atoms with E-state index >= 15 is 0 Å². The summed E-state index contributed by atoms with van der Waals surface area (Å²) < 4.78 is 11.4. The number of carboxylic acids is 1. The van der Waals surface area contributed by atoms with E-state index in [9.17, 15) is 14.7 Å². The molecule has 0 aromatic heterocycles. The lowest BCUT2D eigenvalue weighted by Crippen LogP contribution is -2.48. The van der Waals surface area contributed by atoms with Crippen LogP contribution in [0.3, 0.4) is 0 Å².